The minimum Gasteiger partial charge on any atom is -0.508 e. The van der Waals surface area contributed by atoms with E-state index in [1.807, 2.05) is 25.1 Å². The molecule has 0 spiro atoms. The summed E-state index contributed by atoms with van der Waals surface area (Å²) in [4.78, 5) is 12.6. The molecule has 0 amide bonds. The Morgan fingerprint density at radius 2 is 2.08 bits per heavy atom. The number of hydrogen-bond acceptors (Lipinski definition) is 3. The number of carbonyl (C=O) groups excluding carboxylic acids is 1. The Morgan fingerprint density at radius 1 is 1.29 bits per heavy atom. The zero-order valence-corrected chi connectivity index (χ0v) is 16.3. The third kappa shape index (κ3) is 3.28. The lowest BCUT2D eigenvalue weighted by Gasteiger charge is -2.12. The predicted octanol–water partition coefficient (Wildman–Crippen LogP) is 5.53. The molecule has 0 fully saturated rings. The zero-order chi connectivity index (χ0) is 17.3. The first kappa shape index (κ1) is 17.2. The molecular weight excluding hydrogens is 436 g/mol. The van der Waals surface area contributed by atoms with Crippen LogP contribution in [0.1, 0.15) is 34.8 Å². The van der Waals surface area contributed by atoms with Gasteiger partial charge in [0.2, 0.25) is 0 Å². The average Bonchev–Trinajstić information content (AvgIpc) is 2.85. The fourth-order valence-corrected chi connectivity index (χ4v) is 4.14. The van der Waals surface area contributed by atoms with Gasteiger partial charge >= 0.3 is 0 Å². The highest BCUT2D eigenvalue weighted by Crippen LogP contribution is 2.38. The number of carbonyl (C=O) groups is 1. The Kier molecular flexibility index (Phi) is 5.11. The number of ketones is 1. The van der Waals surface area contributed by atoms with Crippen LogP contribution in [0.3, 0.4) is 0 Å². The predicted molar refractivity (Wildman–Crippen MR) is 102 cm³/mol. The Hall–Kier alpha value is -1.59. The molecule has 5 heteroatoms. The standard InChI is InChI=1S/C19H16Br2O3/c1-2-6-24-19-12(8-13(20)10-16(19)21)7-11-9-15-14(18(11)23)4-3-5-17(15)22/h3-5,7-8,10,22H,2,6,9H2,1H3. The first-order valence-corrected chi connectivity index (χ1v) is 9.27. The Morgan fingerprint density at radius 3 is 2.79 bits per heavy atom. The van der Waals surface area contributed by atoms with Crippen LogP contribution in [0.2, 0.25) is 0 Å². The van der Waals surface area contributed by atoms with Crippen molar-refractivity contribution in [3.63, 3.8) is 0 Å². The summed E-state index contributed by atoms with van der Waals surface area (Å²) in [6, 6.07) is 8.91. The van der Waals surface area contributed by atoms with E-state index in [-0.39, 0.29) is 11.5 Å². The molecule has 3 nitrogen and oxygen atoms in total. The van der Waals surface area contributed by atoms with Crippen LogP contribution >= 0.6 is 31.9 Å². The molecule has 0 saturated carbocycles. The van der Waals surface area contributed by atoms with Crippen LogP contribution in [0.25, 0.3) is 6.08 Å². The second kappa shape index (κ2) is 7.11. The molecule has 1 aliphatic rings. The molecule has 1 aliphatic carbocycles. The third-order valence-electron chi connectivity index (χ3n) is 3.87. The maximum Gasteiger partial charge on any atom is 0.189 e. The monoisotopic (exact) mass is 450 g/mol. The SMILES string of the molecule is CCCOc1c(Br)cc(Br)cc1C=C1Cc2c(O)cccc2C1=O. The van der Waals surface area contributed by atoms with E-state index in [2.05, 4.69) is 31.9 Å². The third-order valence-corrected chi connectivity index (χ3v) is 4.92. The number of aromatic hydroxyl groups is 1. The lowest BCUT2D eigenvalue weighted by atomic mass is 10.1. The van der Waals surface area contributed by atoms with Crippen LogP contribution in [0.5, 0.6) is 11.5 Å². The molecule has 1 N–H and O–H groups in total. The Balaban J connectivity index is 2.04. The summed E-state index contributed by atoms with van der Waals surface area (Å²) in [6.07, 6.45) is 3.18. The van der Waals surface area contributed by atoms with Crippen LogP contribution < -0.4 is 4.74 Å². The van der Waals surface area contributed by atoms with Gasteiger partial charge in [-0.3, -0.25) is 4.79 Å². The van der Waals surface area contributed by atoms with Gasteiger partial charge in [0.05, 0.1) is 11.1 Å². The van der Waals surface area contributed by atoms with Gasteiger partial charge in [0.15, 0.2) is 5.78 Å². The van der Waals surface area contributed by atoms with E-state index in [0.29, 0.717) is 29.7 Å². The van der Waals surface area contributed by atoms with Gasteiger partial charge in [-0.25, -0.2) is 0 Å². The molecule has 0 aromatic heterocycles. The van der Waals surface area contributed by atoms with Gasteiger partial charge in [0, 0.05) is 33.2 Å². The topological polar surface area (TPSA) is 46.5 Å². The molecule has 0 aliphatic heterocycles. The first-order valence-electron chi connectivity index (χ1n) is 7.69. The molecule has 24 heavy (non-hydrogen) atoms. The van der Waals surface area contributed by atoms with E-state index >= 15 is 0 Å². The second-order valence-corrected chi connectivity index (χ2v) is 7.40. The van der Waals surface area contributed by atoms with Crippen molar-refractivity contribution in [3.05, 3.63) is 61.5 Å². The van der Waals surface area contributed by atoms with Crippen molar-refractivity contribution in [3.8, 4) is 11.5 Å². The van der Waals surface area contributed by atoms with E-state index in [9.17, 15) is 9.90 Å². The van der Waals surface area contributed by atoms with E-state index in [4.69, 9.17) is 4.74 Å². The highest BCUT2D eigenvalue weighted by atomic mass is 79.9. The lowest BCUT2D eigenvalue weighted by Crippen LogP contribution is -2.00. The molecule has 0 bridgehead atoms. The average molecular weight is 452 g/mol. The van der Waals surface area contributed by atoms with Crippen LogP contribution in [0, 0.1) is 0 Å². The molecule has 0 atom stereocenters. The van der Waals surface area contributed by atoms with Crippen molar-refractivity contribution in [1.29, 1.82) is 0 Å². The molecule has 0 heterocycles. The molecule has 0 radical (unpaired) electrons. The van der Waals surface area contributed by atoms with Crippen molar-refractivity contribution >= 4 is 43.7 Å². The summed E-state index contributed by atoms with van der Waals surface area (Å²) in [5.74, 6) is 0.848. The zero-order valence-electron chi connectivity index (χ0n) is 13.1. The number of hydrogen-bond donors (Lipinski definition) is 1. The second-order valence-electron chi connectivity index (χ2n) is 5.63. The number of rotatable bonds is 4. The molecule has 0 unspecified atom stereocenters. The molecule has 2 aromatic rings. The minimum absolute atomic E-state index is 0.0431. The number of fused-ring (bicyclic) bond motifs is 1. The van der Waals surface area contributed by atoms with Crippen LogP contribution in [-0.2, 0) is 6.42 Å². The Bertz CT molecular complexity index is 841. The molecule has 124 valence electrons. The number of benzene rings is 2. The maximum atomic E-state index is 12.6. The summed E-state index contributed by atoms with van der Waals surface area (Å²) in [6.45, 7) is 2.65. The number of allylic oxidation sites excluding steroid dienone is 1. The number of phenols is 1. The molecular formula is C19H16Br2O3. The summed E-state index contributed by atoms with van der Waals surface area (Å²) in [5.41, 5.74) is 2.75. The summed E-state index contributed by atoms with van der Waals surface area (Å²) < 4.78 is 7.58. The van der Waals surface area contributed by atoms with Crippen molar-refractivity contribution in [2.75, 3.05) is 6.61 Å². The van der Waals surface area contributed by atoms with E-state index in [1.54, 1.807) is 18.2 Å². The summed E-state index contributed by atoms with van der Waals surface area (Å²) in [7, 11) is 0. The number of phenolic OH excluding ortho intramolecular Hbond substituents is 1. The largest absolute Gasteiger partial charge is 0.508 e. The van der Waals surface area contributed by atoms with Gasteiger partial charge in [-0.15, -0.1) is 0 Å². The lowest BCUT2D eigenvalue weighted by molar-refractivity contribution is 0.104. The highest BCUT2D eigenvalue weighted by molar-refractivity contribution is 9.11. The maximum absolute atomic E-state index is 12.6. The normalized spacial score (nSPS) is 15.0. The minimum atomic E-state index is -0.0431. The van der Waals surface area contributed by atoms with Gasteiger partial charge in [0.25, 0.3) is 0 Å². The summed E-state index contributed by atoms with van der Waals surface area (Å²) >= 11 is 7.00. The van der Waals surface area contributed by atoms with Gasteiger partial charge in [-0.05, 0) is 46.6 Å². The highest BCUT2D eigenvalue weighted by Gasteiger charge is 2.27. The quantitative estimate of drug-likeness (QED) is 0.621. The van der Waals surface area contributed by atoms with Gasteiger partial charge in [-0.2, -0.15) is 0 Å². The van der Waals surface area contributed by atoms with Crippen molar-refractivity contribution in [1.82, 2.24) is 0 Å². The molecule has 3 rings (SSSR count). The molecule has 0 saturated heterocycles. The van der Waals surface area contributed by atoms with E-state index in [1.165, 1.54) is 0 Å². The van der Waals surface area contributed by atoms with Gasteiger partial charge in [0.1, 0.15) is 11.5 Å². The fraction of sp³-hybridized carbons (Fsp3) is 0.211. The molecule has 2 aromatic carbocycles. The van der Waals surface area contributed by atoms with E-state index in [0.717, 1.165) is 26.7 Å². The van der Waals surface area contributed by atoms with Crippen molar-refractivity contribution < 1.29 is 14.6 Å². The van der Waals surface area contributed by atoms with Crippen LogP contribution in [-0.4, -0.2) is 17.5 Å². The van der Waals surface area contributed by atoms with Crippen LogP contribution in [0.15, 0.2) is 44.9 Å². The van der Waals surface area contributed by atoms with Gasteiger partial charge < -0.3 is 9.84 Å². The number of Topliss-reactive ketones (excluding diaryl/α,β-unsaturated/α-hetero) is 1. The van der Waals surface area contributed by atoms with Crippen molar-refractivity contribution in [2.45, 2.75) is 19.8 Å². The Labute approximate surface area is 157 Å². The summed E-state index contributed by atoms with van der Waals surface area (Å²) in [5, 5.41) is 9.97. The van der Waals surface area contributed by atoms with Crippen LogP contribution in [0.4, 0.5) is 0 Å². The fourth-order valence-electron chi connectivity index (χ4n) is 2.77. The van der Waals surface area contributed by atoms with Gasteiger partial charge in [-0.1, -0.05) is 35.0 Å². The van der Waals surface area contributed by atoms with E-state index < -0.39 is 0 Å². The smallest absolute Gasteiger partial charge is 0.189 e. The number of halogens is 2. The first-order chi connectivity index (χ1) is 11.5. The number of ether oxygens (including phenoxy) is 1. The van der Waals surface area contributed by atoms with Crippen molar-refractivity contribution in [2.24, 2.45) is 0 Å².